The van der Waals surface area contributed by atoms with Crippen LogP contribution >= 0.6 is 11.6 Å². The fourth-order valence-electron chi connectivity index (χ4n) is 1.96. The maximum absolute atomic E-state index is 11.8. The average molecular weight is 301 g/mol. The second-order valence-corrected chi connectivity index (χ2v) is 7.45. The van der Waals surface area contributed by atoms with Crippen LogP contribution in [0.2, 0.25) is 5.02 Å². The van der Waals surface area contributed by atoms with E-state index in [-0.39, 0.29) is 0 Å². The number of rotatable bonds is 2. The molecule has 104 valence electrons. The van der Waals surface area contributed by atoms with Gasteiger partial charge in [-0.3, -0.25) is 4.21 Å². The summed E-state index contributed by atoms with van der Waals surface area (Å²) in [6.45, 7) is 7.91. The summed E-state index contributed by atoms with van der Waals surface area (Å²) < 4.78 is 23.8. The average Bonchev–Trinajstić information content (AvgIpc) is 2.47. The van der Waals surface area contributed by atoms with Crippen molar-refractivity contribution in [3.63, 3.8) is 0 Å². The van der Waals surface area contributed by atoms with Gasteiger partial charge in [0.15, 0.2) is 0 Å². The van der Waals surface area contributed by atoms with Gasteiger partial charge in [0.2, 0.25) is 0 Å². The summed E-state index contributed by atoms with van der Waals surface area (Å²) in [4.78, 5) is 0.658. The summed E-state index contributed by atoms with van der Waals surface area (Å²) >= 11 is 6.25. The Balaban J connectivity index is 2.48. The first-order valence-corrected chi connectivity index (χ1v) is 8.07. The van der Waals surface area contributed by atoms with Crippen molar-refractivity contribution < 1.29 is 13.5 Å². The van der Waals surface area contributed by atoms with Crippen LogP contribution in [0.3, 0.4) is 0 Å². The SMILES string of the molecule is CS(=O)c1cccc(Cl)c1B1OC(C)(C)C(C)(C)O1. The van der Waals surface area contributed by atoms with Gasteiger partial charge in [-0.15, -0.1) is 0 Å². The molecule has 2 rings (SSSR count). The van der Waals surface area contributed by atoms with Crippen molar-refractivity contribution in [3.8, 4) is 0 Å². The molecule has 0 radical (unpaired) electrons. The molecule has 0 N–H and O–H groups in total. The number of halogens is 1. The number of hydrogen-bond donors (Lipinski definition) is 0. The Morgan fingerprint density at radius 1 is 1.16 bits per heavy atom. The van der Waals surface area contributed by atoms with E-state index in [0.29, 0.717) is 15.4 Å². The molecule has 1 fully saturated rings. The zero-order chi connectivity index (χ0) is 14.4. The van der Waals surface area contributed by atoms with Gasteiger partial charge in [-0.25, -0.2) is 0 Å². The van der Waals surface area contributed by atoms with E-state index in [2.05, 4.69) is 0 Å². The van der Waals surface area contributed by atoms with Crippen LogP contribution in [0.5, 0.6) is 0 Å². The lowest BCUT2D eigenvalue weighted by molar-refractivity contribution is 0.00578. The Kier molecular flexibility index (Phi) is 3.86. The molecule has 1 aliphatic heterocycles. The van der Waals surface area contributed by atoms with Gasteiger partial charge in [-0.05, 0) is 39.8 Å². The first kappa shape index (κ1) is 15.0. The van der Waals surface area contributed by atoms with Crippen LogP contribution in [0.25, 0.3) is 0 Å². The lowest BCUT2D eigenvalue weighted by Crippen LogP contribution is -2.41. The Morgan fingerprint density at radius 2 is 1.68 bits per heavy atom. The molecule has 1 aliphatic rings. The predicted molar refractivity (Wildman–Crippen MR) is 79.5 cm³/mol. The summed E-state index contributed by atoms with van der Waals surface area (Å²) in [5.41, 5.74) is -0.212. The van der Waals surface area contributed by atoms with Crippen molar-refractivity contribution in [3.05, 3.63) is 23.2 Å². The smallest absolute Gasteiger partial charge is 0.399 e. The third kappa shape index (κ3) is 2.61. The Hall–Kier alpha value is -0.355. The van der Waals surface area contributed by atoms with E-state index in [1.54, 1.807) is 24.5 Å². The second kappa shape index (κ2) is 4.88. The molecule has 0 aromatic heterocycles. The topological polar surface area (TPSA) is 35.5 Å². The van der Waals surface area contributed by atoms with Crippen LogP contribution in [0.15, 0.2) is 23.1 Å². The van der Waals surface area contributed by atoms with Crippen LogP contribution < -0.4 is 5.46 Å². The molecule has 0 aliphatic carbocycles. The normalized spacial score (nSPS) is 22.5. The third-order valence-corrected chi connectivity index (χ3v) is 5.12. The molecular formula is C13H18BClO3S. The van der Waals surface area contributed by atoms with Crippen molar-refractivity contribution in [2.45, 2.75) is 43.8 Å². The molecule has 0 saturated carbocycles. The maximum atomic E-state index is 11.8. The number of benzene rings is 1. The van der Waals surface area contributed by atoms with Gasteiger partial charge in [0.25, 0.3) is 0 Å². The van der Waals surface area contributed by atoms with Crippen LogP contribution in [0.1, 0.15) is 27.7 Å². The highest BCUT2D eigenvalue weighted by Gasteiger charge is 2.52. The highest BCUT2D eigenvalue weighted by atomic mass is 35.5. The van der Waals surface area contributed by atoms with Crippen LogP contribution in [-0.4, -0.2) is 28.8 Å². The zero-order valence-corrected chi connectivity index (χ0v) is 13.4. The van der Waals surface area contributed by atoms with E-state index in [4.69, 9.17) is 20.9 Å². The molecule has 0 spiro atoms. The van der Waals surface area contributed by atoms with E-state index < -0.39 is 29.1 Å². The zero-order valence-electron chi connectivity index (χ0n) is 11.8. The Labute approximate surface area is 122 Å². The summed E-state index contributed by atoms with van der Waals surface area (Å²) in [5.74, 6) is 0. The molecule has 6 heteroatoms. The lowest BCUT2D eigenvalue weighted by Gasteiger charge is -2.32. The first-order valence-electron chi connectivity index (χ1n) is 6.13. The molecule has 1 aromatic carbocycles. The van der Waals surface area contributed by atoms with E-state index in [0.717, 1.165) is 0 Å². The highest BCUT2D eigenvalue weighted by Crippen LogP contribution is 2.37. The fraction of sp³-hybridized carbons (Fsp3) is 0.538. The summed E-state index contributed by atoms with van der Waals surface area (Å²) in [6.07, 6.45) is 1.63. The molecule has 1 heterocycles. The van der Waals surface area contributed by atoms with E-state index >= 15 is 0 Å². The van der Waals surface area contributed by atoms with E-state index in [9.17, 15) is 4.21 Å². The first-order chi connectivity index (χ1) is 8.66. The third-order valence-electron chi connectivity index (χ3n) is 3.81. The van der Waals surface area contributed by atoms with Gasteiger partial charge in [0.05, 0.1) is 11.2 Å². The van der Waals surface area contributed by atoms with Gasteiger partial charge >= 0.3 is 7.12 Å². The molecule has 1 aromatic rings. The molecular weight excluding hydrogens is 282 g/mol. The number of hydrogen-bond acceptors (Lipinski definition) is 3. The fourth-order valence-corrected chi connectivity index (χ4v) is 3.06. The molecule has 1 atom stereocenters. The van der Waals surface area contributed by atoms with Gasteiger partial charge in [-0.2, -0.15) is 0 Å². The minimum Gasteiger partial charge on any atom is -0.399 e. The summed E-state index contributed by atoms with van der Waals surface area (Å²) in [5, 5.41) is 0.520. The standard InChI is InChI=1S/C13H18BClO3S/c1-12(2)13(3,4)18-14(17-12)11-9(15)7-6-8-10(11)19(5)16/h6-8H,1-5H3. The van der Waals surface area contributed by atoms with Gasteiger partial charge in [0, 0.05) is 32.4 Å². The molecule has 19 heavy (non-hydrogen) atoms. The van der Waals surface area contributed by atoms with Gasteiger partial charge < -0.3 is 9.31 Å². The minimum atomic E-state index is -1.14. The van der Waals surface area contributed by atoms with Crippen molar-refractivity contribution in [2.24, 2.45) is 0 Å². The van der Waals surface area contributed by atoms with Crippen LogP contribution in [-0.2, 0) is 20.1 Å². The monoisotopic (exact) mass is 300 g/mol. The van der Waals surface area contributed by atoms with Crippen molar-refractivity contribution >= 4 is 35.0 Å². The minimum absolute atomic E-state index is 0.441. The summed E-state index contributed by atoms with van der Waals surface area (Å²) in [6, 6.07) is 5.34. The maximum Gasteiger partial charge on any atom is 0.497 e. The quantitative estimate of drug-likeness (QED) is 0.787. The van der Waals surface area contributed by atoms with E-state index in [1.807, 2.05) is 27.7 Å². The molecule has 3 nitrogen and oxygen atoms in total. The summed E-state index contributed by atoms with van der Waals surface area (Å²) in [7, 11) is -1.73. The van der Waals surface area contributed by atoms with Crippen LogP contribution in [0, 0.1) is 0 Å². The van der Waals surface area contributed by atoms with Crippen molar-refractivity contribution in [1.82, 2.24) is 0 Å². The van der Waals surface area contributed by atoms with Gasteiger partial charge in [-0.1, -0.05) is 17.7 Å². The Bertz CT molecular complexity index is 515. The van der Waals surface area contributed by atoms with Crippen molar-refractivity contribution in [1.29, 1.82) is 0 Å². The largest absolute Gasteiger partial charge is 0.497 e. The molecule has 0 amide bonds. The molecule has 1 unspecified atom stereocenters. The van der Waals surface area contributed by atoms with Gasteiger partial charge in [0.1, 0.15) is 0 Å². The predicted octanol–water partition coefficient (Wildman–Crippen LogP) is 2.38. The van der Waals surface area contributed by atoms with Crippen LogP contribution in [0.4, 0.5) is 0 Å². The van der Waals surface area contributed by atoms with Crippen molar-refractivity contribution in [2.75, 3.05) is 6.26 Å². The van der Waals surface area contributed by atoms with E-state index in [1.165, 1.54) is 0 Å². The lowest BCUT2D eigenvalue weighted by atomic mass is 9.79. The molecule has 0 bridgehead atoms. The second-order valence-electron chi connectivity index (χ2n) is 5.69. The molecule has 1 saturated heterocycles. The highest BCUT2D eigenvalue weighted by molar-refractivity contribution is 7.84. The Morgan fingerprint density at radius 3 is 2.16 bits per heavy atom.